The van der Waals surface area contributed by atoms with Crippen molar-refractivity contribution < 1.29 is 10.2 Å². The summed E-state index contributed by atoms with van der Waals surface area (Å²) >= 11 is 6.45. The lowest BCUT2D eigenvalue weighted by atomic mass is 9.70. The van der Waals surface area contributed by atoms with Gasteiger partial charge in [0, 0.05) is 12.0 Å². The summed E-state index contributed by atoms with van der Waals surface area (Å²) in [4.78, 5) is 0. The Morgan fingerprint density at radius 1 is 1.29 bits per heavy atom. The summed E-state index contributed by atoms with van der Waals surface area (Å²) in [5.41, 5.74) is 8.63. The fraction of sp³-hybridized carbons (Fsp3) is 0.263. The number of phenols is 2. The number of anilines is 1. The van der Waals surface area contributed by atoms with Gasteiger partial charge in [-0.2, -0.15) is 0 Å². The van der Waals surface area contributed by atoms with E-state index in [1.54, 1.807) is 18.2 Å². The molecule has 0 aromatic heterocycles. The zero-order valence-electron chi connectivity index (χ0n) is 13.3. The Hall–Kier alpha value is -2.17. The summed E-state index contributed by atoms with van der Waals surface area (Å²) in [5.74, 6) is 0.209. The lowest BCUT2D eigenvalue weighted by Crippen LogP contribution is -2.38. The summed E-state index contributed by atoms with van der Waals surface area (Å²) in [6, 6.07) is 8.86. The molecule has 0 aliphatic carbocycles. The van der Waals surface area contributed by atoms with Crippen LogP contribution in [0.5, 0.6) is 11.5 Å². The lowest BCUT2D eigenvalue weighted by molar-refractivity contribution is 0.460. The van der Waals surface area contributed by atoms with E-state index in [0.717, 1.165) is 29.7 Å². The highest BCUT2D eigenvalue weighted by atomic mass is 35.5. The standard InChI is InChI=1S/C19H21ClN2O2/c1-2-8-19(12-3-5-13(23)6-4-12)11-22-9-7-14-15(19)10-16(24)18(21)17(14)20/h2-6,10,22-24H,1,7-9,11,21H2. The molecular formula is C19H21ClN2O2. The third-order valence-corrected chi connectivity index (χ3v) is 5.22. The van der Waals surface area contributed by atoms with Crippen LogP contribution in [0.15, 0.2) is 43.0 Å². The second-order valence-corrected chi connectivity index (χ2v) is 6.58. The van der Waals surface area contributed by atoms with Gasteiger partial charge in [-0.15, -0.1) is 6.58 Å². The number of benzene rings is 2. The molecule has 0 spiro atoms. The predicted octanol–water partition coefficient (Wildman–Crippen LogP) is 3.34. The first-order chi connectivity index (χ1) is 11.5. The highest BCUT2D eigenvalue weighted by Gasteiger charge is 2.38. The van der Waals surface area contributed by atoms with Crippen molar-refractivity contribution in [1.29, 1.82) is 0 Å². The minimum atomic E-state index is -0.434. The maximum atomic E-state index is 10.2. The maximum Gasteiger partial charge on any atom is 0.140 e. The largest absolute Gasteiger partial charge is 0.508 e. The van der Waals surface area contributed by atoms with Crippen molar-refractivity contribution in [1.82, 2.24) is 5.32 Å². The van der Waals surface area contributed by atoms with Gasteiger partial charge in [0.1, 0.15) is 11.5 Å². The van der Waals surface area contributed by atoms with Crippen LogP contribution >= 0.6 is 11.6 Å². The van der Waals surface area contributed by atoms with Crippen molar-refractivity contribution in [2.24, 2.45) is 0 Å². The molecule has 4 nitrogen and oxygen atoms in total. The molecule has 1 aliphatic heterocycles. The van der Waals surface area contributed by atoms with E-state index >= 15 is 0 Å². The maximum absolute atomic E-state index is 10.2. The quantitative estimate of drug-likeness (QED) is 0.391. The molecule has 1 heterocycles. The predicted molar refractivity (Wildman–Crippen MR) is 97.8 cm³/mol. The van der Waals surface area contributed by atoms with Gasteiger partial charge in [-0.05, 0) is 54.3 Å². The topological polar surface area (TPSA) is 78.5 Å². The minimum Gasteiger partial charge on any atom is -0.508 e. The van der Waals surface area contributed by atoms with Crippen molar-refractivity contribution in [3.63, 3.8) is 0 Å². The molecule has 0 radical (unpaired) electrons. The number of allylic oxidation sites excluding steroid dienone is 1. The average Bonchev–Trinajstić information content (AvgIpc) is 2.75. The first-order valence-electron chi connectivity index (χ1n) is 7.91. The number of hydrogen-bond acceptors (Lipinski definition) is 4. The molecule has 2 aromatic carbocycles. The second-order valence-electron chi connectivity index (χ2n) is 6.20. The Kier molecular flexibility index (Phi) is 4.43. The van der Waals surface area contributed by atoms with E-state index in [1.165, 1.54) is 0 Å². The number of rotatable bonds is 3. The van der Waals surface area contributed by atoms with Crippen LogP contribution in [0.3, 0.4) is 0 Å². The SMILES string of the molecule is C=CCC1(c2ccc(O)cc2)CNCCc2c1cc(O)c(N)c2Cl. The summed E-state index contributed by atoms with van der Waals surface area (Å²) in [5, 5.41) is 23.7. The molecule has 2 aromatic rings. The molecule has 0 saturated heterocycles. The van der Waals surface area contributed by atoms with E-state index in [2.05, 4.69) is 11.9 Å². The molecule has 1 atom stereocenters. The number of phenolic OH excluding ortho intramolecular Hbond substituents is 2. The van der Waals surface area contributed by atoms with E-state index in [4.69, 9.17) is 17.3 Å². The van der Waals surface area contributed by atoms with Gasteiger partial charge in [0.2, 0.25) is 0 Å². The summed E-state index contributed by atoms with van der Waals surface area (Å²) in [6.07, 6.45) is 3.26. The number of aromatic hydroxyl groups is 2. The number of nitrogens with two attached hydrogens (primary N) is 1. The van der Waals surface area contributed by atoms with Crippen molar-refractivity contribution in [2.75, 3.05) is 18.8 Å². The van der Waals surface area contributed by atoms with E-state index in [1.807, 2.05) is 18.2 Å². The highest BCUT2D eigenvalue weighted by Crippen LogP contribution is 2.45. The Labute approximate surface area is 146 Å². The molecule has 24 heavy (non-hydrogen) atoms. The van der Waals surface area contributed by atoms with Gasteiger partial charge < -0.3 is 21.3 Å². The lowest BCUT2D eigenvalue weighted by Gasteiger charge is -2.35. The van der Waals surface area contributed by atoms with Crippen molar-refractivity contribution in [2.45, 2.75) is 18.3 Å². The molecule has 0 fully saturated rings. The van der Waals surface area contributed by atoms with Gasteiger partial charge in [-0.25, -0.2) is 0 Å². The average molecular weight is 345 g/mol. The molecular weight excluding hydrogens is 324 g/mol. The zero-order chi connectivity index (χ0) is 17.3. The fourth-order valence-corrected chi connectivity index (χ4v) is 3.85. The molecule has 0 amide bonds. The van der Waals surface area contributed by atoms with E-state index in [0.29, 0.717) is 18.0 Å². The van der Waals surface area contributed by atoms with Crippen molar-refractivity contribution >= 4 is 17.3 Å². The van der Waals surface area contributed by atoms with Crippen LogP contribution in [-0.2, 0) is 11.8 Å². The number of nitrogen functional groups attached to an aromatic ring is 1. The van der Waals surface area contributed by atoms with Crippen molar-refractivity contribution in [3.8, 4) is 11.5 Å². The third kappa shape index (κ3) is 2.62. The fourth-order valence-electron chi connectivity index (χ4n) is 3.56. The van der Waals surface area contributed by atoms with Crippen LogP contribution in [0.25, 0.3) is 0 Å². The van der Waals surface area contributed by atoms with Crippen LogP contribution in [0, 0.1) is 0 Å². The molecule has 126 valence electrons. The second kappa shape index (κ2) is 6.38. The summed E-state index contributed by atoms with van der Waals surface area (Å²) in [7, 11) is 0. The Morgan fingerprint density at radius 2 is 2.00 bits per heavy atom. The minimum absolute atomic E-state index is 0.00661. The van der Waals surface area contributed by atoms with Crippen LogP contribution in [0.1, 0.15) is 23.1 Å². The smallest absolute Gasteiger partial charge is 0.140 e. The normalized spacial score (nSPS) is 20.2. The van der Waals surface area contributed by atoms with Crippen LogP contribution in [0.4, 0.5) is 5.69 Å². The molecule has 1 aliphatic rings. The molecule has 0 saturated carbocycles. The van der Waals surface area contributed by atoms with Gasteiger partial charge in [-0.3, -0.25) is 0 Å². The Bertz CT molecular complexity index is 774. The number of fused-ring (bicyclic) bond motifs is 1. The van der Waals surface area contributed by atoms with Gasteiger partial charge in [0.05, 0.1) is 10.7 Å². The van der Waals surface area contributed by atoms with Crippen LogP contribution < -0.4 is 11.1 Å². The van der Waals surface area contributed by atoms with Crippen LogP contribution in [0.2, 0.25) is 5.02 Å². The monoisotopic (exact) mass is 344 g/mol. The first kappa shape index (κ1) is 16.7. The van der Waals surface area contributed by atoms with Gasteiger partial charge >= 0.3 is 0 Å². The van der Waals surface area contributed by atoms with Gasteiger partial charge in [-0.1, -0.05) is 29.8 Å². The van der Waals surface area contributed by atoms with E-state index < -0.39 is 5.41 Å². The molecule has 5 heteroatoms. The van der Waals surface area contributed by atoms with Gasteiger partial charge in [0.25, 0.3) is 0 Å². The van der Waals surface area contributed by atoms with E-state index in [-0.39, 0.29) is 17.2 Å². The summed E-state index contributed by atoms with van der Waals surface area (Å²) < 4.78 is 0. The molecule has 1 unspecified atom stereocenters. The zero-order valence-corrected chi connectivity index (χ0v) is 14.1. The Balaban J connectivity index is 2.31. The molecule has 3 rings (SSSR count). The third-order valence-electron chi connectivity index (χ3n) is 4.79. The highest BCUT2D eigenvalue weighted by molar-refractivity contribution is 6.34. The molecule has 5 N–H and O–H groups in total. The number of nitrogens with one attached hydrogen (secondary N) is 1. The molecule has 0 bridgehead atoms. The first-order valence-corrected chi connectivity index (χ1v) is 8.29. The number of hydrogen-bond donors (Lipinski definition) is 4. The Morgan fingerprint density at radius 3 is 2.67 bits per heavy atom. The van der Waals surface area contributed by atoms with Crippen LogP contribution in [-0.4, -0.2) is 23.3 Å². The summed E-state index contributed by atoms with van der Waals surface area (Å²) in [6.45, 7) is 5.36. The number of halogens is 1. The van der Waals surface area contributed by atoms with Gasteiger partial charge in [0.15, 0.2) is 0 Å². The van der Waals surface area contributed by atoms with E-state index in [9.17, 15) is 10.2 Å². The van der Waals surface area contributed by atoms with Crippen molar-refractivity contribution in [3.05, 3.63) is 64.7 Å².